The van der Waals surface area contributed by atoms with E-state index in [1.807, 2.05) is 0 Å². The maximum absolute atomic E-state index is 13.4. The van der Waals surface area contributed by atoms with Gasteiger partial charge in [-0.2, -0.15) is 0 Å². The first kappa shape index (κ1) is 26.2. The predicted molar refractivity (Wildman–Crippen MR) is 116 cm³/mol. The number of phenolic OH excluding ortho intramolecular Hbond substituents is 1. The average Bonchev–Trinajstić information content (AvgIpc) is 2.62. The van der Waals surface area contributed by atoms with E-state index in [-0.39, 0.29) is 11.8 Å². The number of rotatable bonds is 8. The van der Waals surface area contributed by atoms with Crippen LogP contribution in [0.3, 0.4) is 0 Å². The number of benzene rings is 1. The molecule has 0 heterocycles. The Labute approximate surface area is 183 Å². The fourth-order valence-electron chi connectivity index (χ4n) is 2.95. The summed E-state index contributed by atoms with van der Waals surface area (Å²) in [7, 11) is 0. The summed E-state index contributed by atoms with van der Waals surface area (Å²) in [6.07, 6.45) is -0.851. The topological polar surface area (TPSA) is 128 Å². The summed E-state index contributed by atoms with van der Waals surface area (Å²) in [5.41, 5.74) is -0.302. The maximum Gasteiger partial charge on any atom is 0.408 e. The lowest BCUT2D eigenvalue weighted by atomic mass is 10.0. The standard InChI is InChI=1S/C22H35N3O6/c1-13(2)23-19(28)18(15-8-10-16(27)11-9-15)25(14(3)4)20(29)17(12-26)24-21(30)31-22(5,6)7/h8-11,13-14,17-18,26-27H,12H2,1-7H3,(H,23,28)(H,24,30). The molecule has 0 spiro atoms. The molecule has 9 nitrogen and oxygen atoms in total. The summed E-state index contributed by atoms with van der Waals surface area (Å²) in [4.78, 5) is 39.9. The number of hydrogen-bond donors (Lipinski definition) is 4. The second-order valence-corrected chi connectivity index (χ2v) is 8.88. The van der Waals surface area contributed by atoms with Crippen LogP contribution in [0.4, 0.5) is 4.79 Å². The van der Waals surface area contributed by atoms with Crippen LogP contribution in [-0.2, 0) is 14.3 Å². The molecule has 0 fully saturated rings. The van der Waals surface area contributed by atoms with Gasteiger partial charge in [0.15, 0.2) is 0 Å². The first-order valence-corrected chi connectivity index (χ1v) is 10.3. The molecule has 9 heteroatoms. The minimum absolute atomic E-state index is 0.0222. The highest BCUT2D eigenvalue weighted by atomic mass is 16.6. The number of amides is 3. The van der Waals surface area contributed by atoms with E-state index in [4.69, 9.17) is 4.74 Å². The van der Waals surface area contributed by atoms with Gasteiger partial charge in [-0.15, -0.1) is 0 Å². The molecule has 0 aliphatic rings. The van der Waals surface area contributed by atoms with Gasteiger partial charge in [0.05, 0.1) is 6.61 Å². The Morgan fingerprint density at radius 1 is 1.03 bits per heavy atom. The van der Waals surface area contributed by atoms with Crippen molar-refractivity contribution in [3.63, 3.8) is 0 Å². The minimum atomic E-state index is -1.30. The van der Waals surface area contributed by atoms with Crippen molar-refractivity contribution < 1.29 is 29.3 Å². The molecule has 1 aromatic carbocycles. The van der Waals surface area contributed by atoms with Crippen LogP contribution in [-0.4, -0.2) is 63.4 Å². The number of carbonyl (C=O) groups excluding carboxylic acids is 3. The zero-order valence-corrected chi connectivity index (χ0v) is 19.3. The monoisotopic (exact) mass is 437 g/mol. The van der Waals surface area contributed by atoms with Crippen LogP contribution >= 0.6 is 0 Å². The highest BCUT2D eigenvalue weighted by molar-refractivity contribution is 5.92. The Morgan fingerprint density at radius 3 is 2.00 bits per heavy atom. The van der Waals surface area contributed by atoms with Gasteiger partial charge in [-0.25, -0.2) is 4.79 Å². The molecule has 31 heavy (non-hydrogen) atoms. The number of nitrogens with one attached hydrogen (secondary N) is 2. The number of aliphatic hydroxyl groups excluding tert-OH is 1. The molecular weight excluding hydrogens is 402 g/mol. The van der Waals surface area contributed by atoms with E-state index < -0.39 is 48.2 Å². The molecule has 0 radical (unpaired) electrons. The summed E-state index contributed by atoms with van der Waals surface area (Å²) in [5.74, 6) is -1.04. The van der Waals surface area contributed by atoms with Crippen molar-refractivity contribution in [2.75, 3.05) is 6.61 Å². The molecule has 174 valence electrons. The Morgan fingerprint density at radius 2 is 1.58 bits per heavy atom. The van der Waals surface area contributed by atoms with Crippen molar-refractivity contribution in [1.29, 1.82) is 0 Å². The van der Waals surface area contributed by atoms with Gasteiger partial charge in [-0.1, -0.05) is 12.1 Å². The molecule has 0 bridgehead atoms. The van der Waals surface area contributed by atoms with E-state index in [0.717, 1.165) is 0 Å². The van der Waals surface area contributed by atoms with Gasteiger partial charge in [0.2, 0.25) is 11.8 Å². The highest BCUT2D eigenvalue weighted by Crippen LogP contribution is 2.26. The van der Waals surface area contributed by atoms with Gasteiger partial charge in [0.25, 0.3) is 0 Å². The lowest BCUT2D eigenvalue weighted by Crippen LogP contribution is -2.56. The normalized spacial score (nSPS) is 13.5. The largest absolute Gasteiger partial charge is 0.508 e. The van der Waals surface area contributed by atoms with Crippen LogP contribution in [0.25, 0.3) is 0 Å². The Kier molecular flexibility index (Phi) is 9.30. The van der Waals surface area contributed by atoms with Crippen molar-refractivity contribution in [2.45, 2.75) is 78.2 Å². The van der Waals surface area contributed by atoms with Crippen LogP contribution in [0.2, 0.25) is 0 Å². The third-order valence-corrected chi connectivity index (χ3v) is 4.15. The van der Waals surface area contributed by atoms with Crippen LogP contribution in [0, 0.1) is 0 Å². The van der Waals surface area contributed by atoms with Gasteiger partial charge in [0.1, 0.15) is 23.4 Å². The quantitative estimate of drug-likeness (QED) is 0.493. The maximum atomic E-state index is 13.4. The zero-order chi connectivity index (χ0) is 23.9. The fourth-order valence-corrected chi connectivity index (χ4v) is 2.95. The average molecular weight is 438 g/mol. The van der Waals surface area contributed by atoms with E-state index in [2.05, 4.69) is 10.6 Å². The minimum Gasteiger partial charge on any atom is -0.508 e. The number of nitrogens with zero attached hydrogens (tertiary/aromatic N) is 1. The zero-order valence-electron chi connectivity index (χ0n) is 19.3. The Hall–Kier alpha value is -2.81. The molecule has 4 N–H and O–H groups in total. The number of aliphatic hydroxyl groups is 1. The molecule has 2 atom stereocenters. The third-order valence-electron chi connectivity index (χ3n) is 4.15. The second-order valence-electron chi connectivity index (χ2n) is 8.88. The SMILES string of the molecule is CC(C)NC(=O)C(c1ccc(O)cc1)N(C(=O)C(CO)NC(=O)OC(C)(C)C)C(C)C. The summed E-state index contributed by atoms with van der Waals surface area (Å²) < 4.78 is 5.18. The molecule has 3 amide bonds. The summed E-state index contributed by atoms with van der Waals surface area (Å²) >= 11 is 0. The number of phenols is 1. The molecule has 1 aromatic rings. The first-order chi connectivity index (χ1) is 14.3. The predicted octanol–water partition coefficient (Wildman–Crippen LogP) is 2.08. The number of alkyl carbamates (subject to hydrolysis) is 1. The van der Waals surface area contributed by atoms with E-state index >= 15 is 0 Å². The summed E-state index contributed by atoms with van der Waals surface area (Å²) in [6, 6.07) is 3.00. The third kappa shape index (κ3) is 8.09. The smallest absolute Gasteiger partial charge is 0.408 e. The fraction of sp³-hybridized carbons (Fsp3) is 0.591. The van der Waals surface area contributed by atoms with Gasteiger partial charge >= 0.3 is 6.09 Å². The van der Waals surface area contributed by atoms with Crippen molar-refractivity contribution >= 4 is 17.9 Å². The van der Waals surface area contributed by atoms with E-state index in [9.17, 15) is 24.6 Å². The highest BCUT2D eigenvalue weighted by Gasteiger charge is 2.37. The van der Waals surface area contributed by atoms with Crippen molar-refractivity contribution in [2.24, 2.45) is 0 Å². The molecule has 0 saturated carbocycles. The number of hydrogen-bond acceptors (Lipinski definition) is 6. The van der Waals surface area contributed by atoms with Crippen LogP contribution in [0.15, 0.2) is 24.3 Å². The lowest BCUT2D eigenvalue weighted by molar-refractivity contribution is -0.145. The molecule has 0 aliphatic heterocycles. The lowest BCUT2D eigenvalue weighted by Gasteiger charge is -2.37. The van der Waals surface area contributed by atoms with E-state index in [0.29, 0.717) is 5.56 Å². The van der Waals surface area contributed by atoms with Gasteiger partial charge < -0.3 is 30.5 Å². The van der Waals surface area contributed by atoms with Crippen molar-refractivity contribution in [3.8, 4) is 5.75 Å². The summed E-state index contributed by atoms with van der Waals surface area (Å²) in [5, 5.41) is 24.6. The van der Waals surface area contributed by atoms with Crippen molar-refractivity contribution in [3.05, 3.63) is 29.8 Å². The Balaban J connectivity index is 3.31. The van der Waals surface area contributed by atoms with Gasteiger partial charge in [-0.3, -0.25) is 9.59 Å². The first-order valence-electron chi connectivity index (χ1n) is 10.3. The van der Waals surface area contributed by atoms with E-state index in [1.54, 1.807) is 60.6 Å². The molecular formula is C22H35N3O6. The van der Waals surface area contributed by atoms with E-state index in [1.165, 1.54) is 17.0 Å². The van der Waals surface area contributed by atoms with Crippen LogP contribution < -0.4 is 10.6 Å². The molecule has 1 rings (SSSR count). The molecule has 0 aliphatic carbocycles. The number of carbonyl (C=O) groups is 3. The van der Waals surface area contributed by atoms with Crippen LogP contribution in [0.1, 0.15) is 60.1 Å². The number of ether oxygens (including phenoxy) is 1. The number of aromatic hydroxyl groups is 1. The molecule has 0 aromatic heterocycles. The Bertz CT molecular complexity index is 756. The summed E-state index contributed by atoms with van der Waals surface area (Å²) in [6.45, 7) is 11.4. The van der Waals surface area contributed by atoms with Gasteiger partial charge in [-0.05, 0) is 66.2 Å². The second kappa shape index (κ2) is 11.0. The van der Waals surface area contributed by atoms with Gasteiger partial charge in [0, 0.05) is 12.1 Å². The molecule has 2 unspecified atom stereocenters. The van der Waals surface area contributed by atoms with Crippen LogP contribution in [0.5, 0.6) is 5.75 Å². The van der Waals surface area contributed by atoms with Crippen molar-refractivity contribution in [1.82, 2.24) is 15.5 Å². The molecule has 0 saturated heterocycles.